The summed E-state index contributed by atoms with van der Waals surface area (Å²) in [4.78, 5) is 22.7. The molecular weight excluding hydrogens is 140 g/mol. The Morgan fingerprint density at radius 3 is 2.27 bits per heavy atom. The summed E-state index contributed by atoms with van der Waals surface area (Å²) < 4.78 is 7.94. The number of Topliss-reactive ketones (excluding diaryl/α,β-unsaturated/α-hetero) is 2. The molecule has 0 spiro atoms. The molecule has 60 valence electrons. The van der Waals surface area contributed by atoms with Crippen molar-refractivity contribution < 1.29 is 11.0 Å². The highest BCUT2D eigenvalue weighted by atomic mass is 16.2. The minimum Gasteiger partial charge on any atom is -0.291 e. The van der Waals surface area contributed by atoms with Crippen molar-refractivity contribution in [3.8, 4) is 0 Å². The van der Waals surface area contributed by atoms with Crippen LogP contribution in [-0.2, 0) is 9.59 Å². The third-order valence-corrected chi connectivity index (χ3v) is 3.15. The Morgan fingerprint density at radius 2 is 2.00 bits per heavy atom. The number of ketones is 2. The van der Waals surface area contributed by atoms with E-state index in [2.05, 4.69) is 0 Å². The molecule has 2 aliphatic carbocycles. The summed E-state index contributed by atoms with van der Waals surface area (Å²) in [5.74, 6) is -2.04. The second kappa shape index (κ2) is 1.74. The first-order chi connectivity index (χ1) is 5.41. The molecule has 0 heterocycles. The van der Waals surface area contributed by atoms with Crippen molar-refractivity contribution in [1.29, 1.82) is 0 Å². The van der Waals surface area contributed by atoms with Crippen LogP contribution < -0.4 is 0 Å². The van der Waals surface area contributed by atoms with Crippen molar-refractivity contribution in [1.82, 2.24) is 0 Å². The molecule has 0 amide bonds. The third kappa shape index (κ3) is 0.627. The van der Waals surface area contributed by atoms with E-state index < -0.39 is 17.1 Å². The average molecular weight is 153 g/mol. The minimum absolute atomic E-state index is 0.178. The van der Waals surface area contributed by atoms with Crippen molar-refractivity contribution in [3.63, 3.8) is 0 Å². The standard InChI is InChI=1S/C9H12O2/c1-9(2)5-3-4-6(9)8(11)7(5)10/h5-6H,3-4H2,1-2H3/t5-,6+/i5D/m0/s1. The van der Waals surface area contributed by atoms with Gasteiger partial charge in [-0.2, -0.15) is 0 Å². The predicted octanol–water partition coefficient (Wildman–Crippen LogP) is 1.19. The van der Waals surface area contributed by atoms with Gasteiger partial charge in [-0.3, -0.25) is 9.59 Å². The quantitative estimate of drug-likeness (QED) is 0.490. The Labute approximate surface area is 67.4 Å². The maximum atomic E-state index is 11.4. The molecule has 2 fully saturated rings. The lowest BCUT2D eigenvalue weighted by Crippen LogP contribution is -2.20. The van der Waals surface area contributed by atoms with E-state index in [0.717, 1.165) is 6.42 Å². The molecule has 2 bridgehead atoms. The number of hydrogen-bond donors (Lipinski definition) is 0. The highest BCUT2D eigenvalue weighted by Gasteiger charge is 2.58. The van der Waals surface area contributed by atoms with E-state index in [9.17, 15) is 9.59 Å². The fourth-order valence-electron chi connectivity index (χ4n) is 2.35. The lowest BCUT2D eigenvalue weighted by atomic mass is 9.82. The minimum atomic E-state index is -1.10. The Hall–Kier alpha value is -0.660. The third-order valence-electron chi connectivity index (χ3n) is 3.15. The molecule has 2 nitrogen and oxygen atoms in total. The Morgan fingerprint density at radius 1 is 1.36 bits per heavy atom. The summed E-state index contributed by atoms with van der Waals surface area (Å²) in [5, 5.41) is 0. The van der Waals surface area contributed by atoms with Crippen LogP contribution in [-0.4, -0.2) is 11.6 Å². The van der Waals surface area contributed by atoms with Gasteiger partial charge in [0.15, 0.2) is 0 Å². The lowest BCUT2D eigenvalue weighted by molar-refractivity contribution is -0.138. The Bertz CT molecular complexity index is 282. The van der Waals surface area contributed by atoms with E-state index in [1.165, 1.54) is 0 Å². The molecule has 0 aromatic rings. The number of carbonyl (C=O) groups is 2. The molecule has 2 aliphatic rings. The van der Waals surface area contributed by atoms with Gasteiger partial charge in [-0.15, -0.1) is 0 Å². The normalized spacial score (nSPS) is 48.2. The first-order valence-corrected chi connectivity index (χ1v) is 4.00. The van der Waals surface area contributed by atoms with Crippen LogP contribution in [0.25, 0.3) is 0 Å². The first kappa shape index (κ1) is 5.92. The summed E-state index contributed by atoms with van der Waals surface area (Å²) in [6.07, 6.45) is 1.29. The van der Waals surface area contributed by atoms with Gasteiger partial charge in [-0.1, -0.05) is 13.8 Å². The molecule has 0 aliphatic heterocycles. The van der Waals surface area contributed by atoms with Gasteiger partial charge in [0.25, 0.3) is 0 Å². The Balaban J connectivity index is 2.58. The molecule has 2 saturated carbocycles. The number of hydrogen-bond acceptors (Lipinski definition) is 2. The predicted molar refractivity (Wildman–Crippen MR) is 40.0 cm³/mol. The van der Waals surface area contributed by atoms with Crippen molar-refractivity contribution in [2.75, 3.05) is 0 Å². The van der Waals surface area contributed by atoms with Crippen molar-refractivity contribution >= 4 is 11.6 Å². The smallest absolute Gasteiger partial charge is 0.202 e. The van der Waals surface area contributed by atoms with Crippen LogP contribution >= 0.6 is 0 Å². The van der Waals surface area contributed by atoms with Gasteiger partial charge >= 0.3 is 0 Å². The topological polar surface area (TPSA) is 34.1 Å². The number of rotatable bonds is 0. The van der Waals surface area contributed by atoms with Crippen LogP contribution in [0.15, 0.2) is 0 Å². The molecule has 0 unspecified atom stereocenters. The monoisotopic (exact) mass is 153 g/mol. The average Bonchev–Trinajstić information content (AvgIpc) is 2.26. The van der Waals surface area contributed by atoms with Gasteiger partial charge in [0.05, 0.1) is 0 Å². The van der Waals surface area contributed by atoms with Crippen LogP contribution in [0.5, 0.6) is 0 Å². The molecule has 2 atom stereocenters. The van der Waals surface area contributed by atoms with Crippen LogP contribution in [0.2, 0.25) is 0 Å². The van der Waals surface area contributed by atoms with E-state index in [4.69, 9.17) is 1.37 Å². The van der Waals surface area contributed by atoms with Gasteiger partial charge < -0.3 is 0 Å². The molecule has 0 radical (unpaired) electrons. The summed E-state index contributed by atoms with van der Waals surface area (Å²) in [7, 11) is 0. The fraction of sp³-hybridized carbons (Fsp3) is 0.778. The van der Waals surface area contributed by atoms with E-state index in [0.29, 0.717) is 6.42 Å². The SMILES string of the molecule is [2H][C@]12CC[C@H](C(=O)C1=O)C2(C)C. The van der Waals surface area contributed by atoms with Crippen LogP contribution in [0.4, 0.5) is 0 Å². The molecule has 11 heavy (non-hydrogen) atoms. The van der Waals surface area contributed by atoms with E-state index in [1.807, 2.05) is 13.8 Å². The number of carbonyl (C=O) groups excluding carboxylic acids is 2. The zero-order valence-electron chi connectivity index (χ0n) is 7.81. The lowest BCUT2D eigenvalue weighted by Gasteiger charge is -2.20. The zero-order chi connectivity index (χ0) is 9.15. The zero-order valence-corrected chi connectivity index (χ0v) is 6.81. The summed E-state index contributed by atoms with van der Waals surface area (Å²) in [6.45, 7) is 3.72. The van der Waals surface area contributed by atoms with E-state index in [-0.39, 0.29) is 11.7 Å². The Kier molecular flexibility index (Phi) is 0.935. The summed E-state index contributed by atoms with van der Waals surface area (Å²) in [5.41, 5.74) is -0.429. The van der Waals surface area contributed by atoms with Gasteiger partial charge in [0, 0.05) is 13.2 Å². The van der Waals surface area contributed by atoms with Gasteiger partial charge in [0.2, 0.25) is 11.6 Å². The van der Waals surface area contributed by atoms with E-state index in [1.54, 1.807) is 0 Å². The van der Waals surface area contributed by atoms with Gasteiger partial charge in [-0.05, 0) is 18.3 Å². The van der Waals surface area contributed by atoms with Gasteiger partial charge in [-0.25, -0.2) is 0 Å². The molecular formula is C9H12O2. The first-order valence-electron chi connectivity index (χ1n) is 4.50. The van der Waals surface area contributed by atoms with E-state index >= 15 is 0 Å². The van der Waals surface area contributed by atoms with Crippen LogP contribution in [0.3, 0.4) is 0 Å². The molecule has 2 rings (SSSR count). The van der Waals surface area contributed by atoms with Crippen LogP contribution in [0, 0.1) is 17.2 Å². The molecule has 0 N–H and O–H groups in total. The fourth-order valence-corrected chi connectivity index (χ4v) is 2.35. The number of fused-ring (bicyclic) bond motifs is 2. The maximum absolute atomic E-state index is 11.4. The largest absolute Gasteiger partial charge is 0.291 e. The second-order valence-electron chi connectivity index (χ2n) is 3.98. The van der Waals surface area contributed by atoms with Crippen molar-refractivity contribution in [2.45, 2.75) is 26.7 Å². The molecule has 0 saturated heterocycles. The van der Waals surface area contributed by atoms with Gasteiger partial charge in [0.1, 0.15) is 0 Å². The summed E-state index contributed by atoms with van der Waals surface area (Å²) in [6, 6.07) is 0. The highest BCUT2D eigenvalue weighted by Crippen LogP contribution is 2.53. The highest BCUT2D eigenvalue weighted by molar-refractivity contribution is 6.41. The molecule has 0 aromatic heterocycles. The van der Waals surface area contributed by atoms with Crippen LogP contribution in [0.1, 0.15) is 28.1 Å². The van der Waals surface area contributed by atoms with Crippen molar-refractivity contribution in [2.24, 2.45) is 17.2 Å². The second-order valence-corrected chi connectivity index (χ2v) is 3.98. The van der Waals surface area contributed by atoms with Crippen molar-refractivity contribution in [3.05, 3.63) is 0 Å². The maximum Gasteiger partial charge on any atom is 0.202 e. The molecule has 0 aromatic carbocycles. The summed E-state index contributed by atoms with van der Waals surface area (Å²) >= 11 is 0. The molecule has 2 heteroatoms.